The Morgan fingerprint density at radius 2 is 1.75 bits per heavy atom. The zero-order valence-corrected chi connectivity index (χ0v) is 14.4. The Bertz CT molecular complexity index is 683. The Morgan fingerprint density at radius 3 is 2.54 bits per heavy atom. The van der Waals surface area contributed by atoms with Crippen LogP contribution in [0.4, 0.5) is 0 Å². The highest BCUT2D eigenvalue weighted by Gasteiger charge is 2.29. The van der Waals surface area contributed by atoms with Gasteiger partial charge in [0.05, 0.1) is 18.8 Å². The SMILES string of the molecule is CC1CN(C(=O)c2ccccc2CCc2ccccc2)C(C)CO1. The van der Waals surface area contributed by atoms with Crippen molar-refractivity contribution < 1.29 is 9.53 Å². The lowest BCUT2D eigenvalue weighted by molar-refractivity contribution is -0.0387. The van der Waals surface area contributed by atoms with Gasteiger partial charge in [-0.2, -0.15) is 0 Å². The number of carbonyl (C=O) groups excluding carboxylic acids is 1. The lowest BCUT2D eigenvalue weighted by Gasteiger charge is -2.37. The van der Waals surface area contributed by atoms with Gasteiger partial charge in [-0.1, -0.05) is 48.5 Å². The Labute approximate surface area is 144 Å². The Morgan fingerprint density at radius 1 is 1.04 bits per heavy atom. The number of rotatable bonds is 4. The van der Waals surface area contributed by atoms with Crippen molar-refractivity contribution in [3.05, 3.63) is 71.3 Å². The third-order valence-corrected chi connectivity index (χ3v) is 4.64. The van der Waals surface area contributed by atoms with Gasteiger partial charge >= 0.3 is 0 Å². The van der Waals surface area contributed by atoms with E-state index in [1.165, 1.54) is 5.56 Å². The first kappa shape index (κ1) is 16.7. The second kappa shape index (κ2) is 7.63. The summed E-state index contributed by atoms with van der Waals surface area (Å²) < 4.78 is 5.65. The molecule has 0 aliphatic carbocycles. The first-order valence-corrected chi connectivity index (χ1v) is 8.69. The van der Waals surface area contributed by atoms with E-state index in [-0.39, 0.29) is 18.1 Å². The van der Waals surface area contributed by atoms with Crippen LogP contribution in [-0.2, 0) is 17.6 Å². The third kappa shape index (κ3) is 3.85. The summed E-state index contributed by atoms with van der Waals surface area (Å²) in [4.78, 5) is 15.0. The zero-order valence-electron chi connectivity index (χ0n) is 14.4. The van der Waals surface area contributed by atoms with E-state index in [1.54, 1.807) is 0 Å². The predicted molar refractivity (Wildman–Crippen MR) is 96.2 cm³/mol. The highest BCUT2D eigenvalue weighted by Crippen LogP contribution is 2.19. The second-order valence-corrected chi connectivity index (χ2v) is 6.59. The highest BCUT2D eigenvalue weighted by atomic mass is 16.5. The summed E-state index contributed by atoms with van der Waals surface area (Å²) >= 11 is 0. The lowest BCUT2D eigenvalue weighted by atomic mass is 9.98. The van der Waals surface area contributed by atoms with Crippen LogP contribution in [0.1, 0.15) is 35.3 Å². The molecule has 0 bridgehead atoms. The van der Waals surface area contributed by atoms with Gasteiger partial charge in [-0.3, -0.25) is 4.79 Å². The van der Waals surface area contributed by atoms with Gasteiger partial charge in [-0.25, -0.2) is 0 Å². The number of benzene rings is 2. The number of hydrogen-bond donors (Lipinski definition) is 0. The first-order valence-electron chi connectivity index (χ1n) is 8.69. The summed E-state index contributed by atoms with van der Waals surface area (Å²) in [7, 11) is 0. The smallest absolute Gasteiger partial charge is 0.254 e. The number of aryl methyl sites for hydroxylation is 2. The molecule has 2 aromatic carbocycles. The zero-order chi connectivity index (χ0) is 16.9. The molecule has 2 unspecified atom stereocenters. The fourth-order valence-corrected chi connectivity index (χ4v) is 3.21. The van der Waals surface area contributed by atoms with E-state index in [4.69, 9.17) is 4.74 Å². The Hall–Kier alpha value is -2.13. The monoisotopic (exact) mass is 323 g/mol. The number of amides is 1. The van der Waals surface area contributed by atoms with Crippen molar-refractivity contribution in [3.63, 3.8) is 0 Å². The van der Waals surface area contributed by atoms with Crippen molar-refractivity contribution in [1.82, 2.24) is 4.90 Å². The molecule has 3 heteroatoms. The first-order chi connectivity index (χ1) is 11.6. The van der Waals surface area contributed by atoms with Crippen LogP contribution in [0.25, 0.3) is 0 Å². The summed E-state index contributed by atoms with van der Waals surface area (Å²) in [6, 6.07) is 18.5. The van der Waals surface area contributed by atoms with Crippen molar-refractivity contribution >= 4 is 5.91 Å². The summed E-state index contributed by atoms with van der Waals surface area (Å²) in [5.74, 6) is 0.126. The van der Waals surface area contributed by atoms with Gasteiger partial charge in [0.15, 0.2) is 0 Å². The highest BCUT2D eigenvalue weighted by molar-refractivity contribution is 5.96. The molecule has 0 spiro atoms. The normalized spacial score (nSPS) is 20.8. The topological polar surface area (TPSA) is 29.5 Å². The van der Waals surface area contributed by atoms with Gasteiger partial charge in [0.1, 0.15) is 0 Å². The number of carbonyl (C=O) groups is 1. The van der Waals surface area contributed by atoms with Crippen molar-refractivity contribution in [1.29, 1.82) is 0 Å². The molecule has 2 aromatic rings. The molecule has 1 heterocycles. The van der Waals surface area contributed by atoms with Gasteiger partial charge in [-0.05, 0) is 43.9 Å². The molecule has 1 saturated heterocycles. The molecular weight excluding hydrogens is 298 g/mol. The summed E-state index contributed by atoms with van der Waals surface area (Å²) in [5.41, 5.74) is 3.25. The molecule has 3 rings (SSSR count). The molecule has 3 nitrogen and oxygen atoms in total. The largest absolute Gasteiger partial charge is 0.375 e. The van der Waals surface area contributed by atoms with Crippen LogP contribution in [0.3, 0.4) is 0 Å². The molecule has 0 saturated carbocycles. The van der Waals surface area contributed by atoms with Crippen molar-refractivity contribution in [2.45, 2.75) is 38.8 Å². The van der Waals surface area contributed by atoms with Gasteiger partial charge in [0.2, 0.25) is 0 Å². The fraction of sp³-hybridized carbons (Fsp3) is 0.381. The Kier molecular flexibility index (Phi) is 5.31. The van der Waals surface area contributed by atoms with Gasteiger partial charge in [-0.15, -0.1) is 0 Å². The van der Waals surface area contributed by atoms with Crippen molar-refractivity contribution in [2.75, 3.05) is 13.2 Å². The Balaban J connectivity index is 1.77. The summed E-state index contributed by atoms with van der Waals surface area (Å²) in [5, 5.41) is 0. The quantitative estimate of drug-likeness (QED) is 0.858. The number of morpholine rings is 1. The molecule has 1 aliphatic heterocycles. The third-order valence-electron chi connectivity index (χ3n) is 4.64. The van der Waals surface area contributed by atoms with Crippen molar-refractivity contribution in [2.24, 2.45) is 0 Å². The molecule has 1 fully saturated rings. The molecule has 0 aromatic heterocycles. The minimum Gasteiger partial charge on any atom is -0.375 e. The maximum Gasteiger partial charge on any atom is 0.254 e. The van der Waals surface area contributed by atoms with Gasteiger partial charge in [0, 0.05) is 12.1 Å². The van der Waals surface area contributed by atoms with Crippen LogP contribution in [0.2, 0.25) is 0 Å². The predicted octanol–water partition coefficient (Wildman–Crippen LogP) is 3.72. The van der Waals surface area contributed by atoms with Gasteiger partial charge < -0.3 is 9.64 Å². The lowest BCUT2D eigenvalue weighted by Crippen LogP contribution is -2.50. The molecule has 1 aliphatic rings. The van der Waals surface area contributed by atoms with E-state index in [0.717, 1.165) is 24.0 Å². The van der Waals surface area contributed by atoms with Crippen LogP contribution in [-0.4, -0.2) is 36.1 Å². The van der Waals surface area contributed by atoms with E-state index >= 15 is 0 Å². The standard InChI is InChI=1S/C21H25NO2/c1-16-15-24-17(2)14-22(16)21(23)20-11-7-6-10-19(20)13-12-18-8-4-3-5-9-18/h3-11,16-17H,12-15H2,1-2H3. The van der Waals surface area contributed by atoms with Crippen LogP contribution in [0, 0.1) is 0 Å². The van der Waals surface area contributed by atoms with E-state index in [2.05, 4.69) is 37.3 Å². The average Bonchev–Trinajstić information content (AvgIpc) is 2.62. The number of nitrogens with zero attached hydrogens (tertiary/aromatic N) is 1. The van der Waals surface area contributed by atoms with E-state index in [9.17, 15) is 4.79 Å². The molecule has 0 radical (unpaired) electrons. The van der Waals surface area contributed by atoms with Crippen LogP contribution >= 0.6 is 0 Å². The van der Waals surface area contributed by atoms with Crippen LogP contribution in [0.15, 0.2) is 54.6 Å². The molecule has 0 N–H and O–H groups in total. The number of ether oxygens (including phenoxy) is 1. The molecule has 24 heavy (non-hydrogen) atoms. The molecular formula is C21H25NO2. The number of hydrogen-bond acceptors (Lipinski definition) is 2. The minimum absolute atomic E-state index is 0.0987. The molecule has 2 atom stereocenters. The maximum atomic E-state index is 13.1. The van der Waals surface area contributed by atoms with E-state index in [1.807, 2.05) is 36.1 Å². The fourth-order valence-electron chi connectivity index (χ4n) is 3.21. The van der Waals surface area contributed by atoms with E-state index < -0.39 is 0 Å². The maximum absolute atomic E-state index is 13.1. The van der Waals surface area contributed by atoms with Crippen LogP contribution < -0.4 is 0 Å². The minimum atomic E-state index is 0.0987. The van der Waals surface area contributed by atoms with Crippen LogP contribution in [0.5, 0.6) is 0 Å². The molecule has 126 valence electrons. The second-order valence-electron chi connectivity index (χ2n) is 6.59. The molecule has 1 amide bonds. The van der Waals surface area contributed by atoms with Crippen molar-refractivity contribution in [3.8, 4) is 0 Å². The van der Waals surface area contributed by atoms with Gasteiger partial charge in [0.25, 0.3) is 5.91 Å². The summed E-state index contributed by atoms with van der Waals surface area (Å²) in [6.45, 7) is 5.34. The summed E-state index contributed by atoms with van der Waals surface area (Å²) in [6.07, 6.45) is 1.92. The van der Waals surface area contributed by atoms with E-state index in [0.29, 0.717) is 13.2 Å². The average molecular weight is 323 g/mol.